The van der Waals surface area contributed by atoms with Gasteiger partial charge >= 0.3 is 5.97 Å². The number of hydrogen-bond acceptors (Lipinski definition) is 3. The Labute approximate surface area is 106 Å². The predicted octanol–water partition coefficient (Wildman–Crippen LogP) is 1.13. The summed E-state index contributed by atoms with van der Waals surface area (Å²) < 4.78 is 0. The van der Waals surface area contributed by atoms with Gasteiger partial charge in [-0.05, 0) is 24.1 Å². The van der Waals surface area contributed by atoms with Crippen molar-refractivity contribution >= 4 is 11.9 Å². The fourth-order valence-corrected chi connectivity index (χ4v) is 1.58. The van der Waals surface area contributed by atoms with Crippen LogP contribution in [0.3, 0.4) is 0 Å². The molecule has 1 rings (SSSR count). The van der Waals surface area contributed by atoms with E-state index in [1.165, 1.54) is 0 Å². The predicted molar refractivity (Wildman–Crippen MR) is 68.1 cm³/mol. The van der Waals surface area contributed by atoms with Crippen LogP contribution < -0.4 is 11.1 Å². The number of rotatable bonds is 6. The average molecular weight is 250 g/mol. The third-order valence-corrected chi connectivity index (χ3v) is 2.63. The van der Waals surface area contributed by atoms with Gasteiger partial charge in [-0.3, -0.25) is 4.79 Å². The number of benzene rings is 1. The summed E-state index contributed by atoms with van der Waals surface area (Å²) >= 11 is 0. The van der Waals surface area contributed by atoms with Crippen molar-refractivity contribution in [2.75, 3.05) is 0 Å². The maximum Gasteiger partial charge on any atom is 0.326 e. The topological polar surface area (TPSA) is 92.4 Å². The number of carbonyl (C=O) groups is 2. The molecule has 0 aromatic heterocycles. The molecular formula is C13H18N2O3. The highest BCUT2D eigenvalue weighted by molar-refractivity contribution is 5.96. The number of amides is 1. The second-order valence-electron chi connectivity index (χ2n) is 4.05. The van der Waals surface area contributed by atoms with E-state index < -0.39 is 12.0 Å². The van der Waals surface area contributed by atoms with E-state index >= 15 is 0 Å². The Morgan fingerprint density at radius 2 is 1.94 bits per heavy atom. The number of nitrogens with one attached hydrogen (secondary N) is 1. The van der Waals surface area contributed by atoms with Gasteiger partial charge in [-0.25, -0.2) is 4.79 Å². The van der Waals surface area contributed by atoms with E-state index in [9.17, 15) is 9.59 Å². The molecule has 0 radical (unpaired) electrons. The molecule has 0 bridgehead atoms. The molecule has 4 N–H and O–H groups in total. The summed E-state index contributed by atoms with van der Waals surface area (Å²) in [7, 11) is 0. The number of aliphatic carboxylic acids is 1. The lowest BCUT2D eigenvalue weighted by atomic mass is 10.1. The van der Waals surface area contributed by atoms with Gasteiger partial charge in [-0.1, -0.05) is 25.5 Å². The van der Waals surface area contributed by atoms with Crippen molar-refractivity contribution in [1.82, 2.24) is 5.32 Å². The molecule has 0 saturated carbocycles. The van der Waals surface area contributed by atoms with Gasteiger partial charge < -0.3 is 16.2 Å². The molecule has 1 atom stereocenters. The van der Waals surface area contributed by atoms with Crippen LogP contribution in [0.1, 0.15) is 35.7 Å². The van der Waals surface area contributed by atoms with Gasteiger partial charge in [0.15, 0.2) is 0 Å². The maximum absolute atomic E-state index is 11.8. The first-order valence-electron chi connectivity index (χ1n) is 5.91. The van der Waals surface area contributed by atoms with E-state index in [1.54, 1.807) is 24.3 Å². The molecule has 0 aliphatic heterocycles. The second kappa shape index (κ2) is 6.76. The van der Waals surface area contributed by atoms with E-state index in [-0.39, 0.29) is 5.91 Å². The highest BCUT2D eigenvalue weighted by Crippen LogP contribution is 2.05. The van der Waals surface area contributed by atoms with Crippen molar-refractivity contribution in [3.8, 4) is 0 Å². The Morgan fingerprint density at radius 3 is 2.39 bits per heavy atom. The zero-order valence-corrected chi connectivity index (χ0v) is 10.3. The molecule has 0 aliphatic rings. The highest BCUT2D eigenvalue weighted by atomic mass is 16.4. The van der Waals surface area contributed by atoms with Gasteiger partial charge in [0.05, 0.1) is 0 Å². The van der Waals surface area contributed by atoms with Crippen LogP contribution in [0.2, 0.25) is 0 Å². The summed E-state index contributed by atoms with van der Waals surface area (Å²) in [6.07, 6.45) is 1.12. The number of carboxylic acids is 1. The number of carboxylic acid groups (broad SMARTS) is 1. The molecule has 1 amide bonds. The first-order valence-corrected chi connectivity index (χ1v) is 5.91. The maximum atomic E-state index is 11.8. The molecule has 0 fully saturated rings. The van der Waals surface area contributed by atoms with Crippen LogP contribution in [0.4, 0.5) is 0 Å². The van der Waals surface area contributed by atoms with Crippen molar-refractivity contribution in [2.45, 2.75) is 32.4 Å². The van der Waals surface area contributed by atoms with Crippen molar-refractivity contribution in [1.29, 1.82) is 0 Å². The summed E-state index contributed by atoms with van der Waals surface area (Å²) in [4.78, 5) is 22.8. The normalized spacial score (nSPS) is 11.9. The van der Waals surface area contributed by atoms with Gasteiger partial charge in [0.1, 0.15) is 6.04 Å². The van der Waals surface area contributed by atoms with Gasteiger partial charge in [0.25, 0.3) is 5.91 Å². The first kappa shape index (κ1) is 14.2. The zero-order valence-electron chi connectivity index (χ0n) is 10.3. The summed E-state index contributed by atoms with van der Waals surface area (Å²) in [5.74, 6) is -1.39. The minimum absolute atomic E-state index is 0.376. The number of hydrogen-bond donors (Lipinski definition) is 3. The lowest BCUT2D eigenvalue weighted by Gasteiger charge is -2.13. The summed E-state index contributed by atoms with van der Waals surface area (Å²) in [5, 5.41) is 11.5. The molecule has 0 heterocycles. The lowest BCUT2D eigenvalue weighted by Crippen LogP contribution is -2.40. The van der Waals surface area contributed by atoms with E-state index in [1.807, 2.05) is 6.92 Å². The average Bonchev–Trinajstić information content (AvgIpc) is 2.38. The van der Waals surface area contributed by atoms with Gasteiger partial charge in [-0.15, -0.1) is 0 Å². The van der Waals surface area contributed by atoms with E-state index in [2.05, 4.69) is 5.32 Å². The Kier molecular flexibility index (Phi) is 5.32. The Balaban J connectivity index is 2.70. The third kappa shape index (κ3) is 3.85. The minimum atomic E-state index is -1.01. The quantitative estimate of drug-likeness (QED) is 0.705. The minimum Gasteiger partial charge on any atom is -0.480 e. The van der Waals surface area contributed by atoms with E-state index in [4.69, 9.17) is 10.8 Å². The van der Waals surface area contributed by atoms with Crippen LogP contribution in [-0.2, 0) is 11.3 Å². The molecule has 18 heavy (non-hydrogen) atoms. The Hall–Kier alpha value is -1.88. The molecular weight excluding hydrogens is 232 g/mol. The fraction of sp³-hybridized carbons (Fsp3) is 0.385. The molecule has 0 aliphatic carbocycles. The molecule has 98 valence electrons. The van der Waals surface area contributed by atoms with Crippen molar-refractivity contribution in [3.05, 3.63) is 35.4 Å². The fourth-order valence-electron chi connectivity index (χ4n) is 1.58. The summed E-state index contributed by atoms with van der Waals surface area (Å²) in [5.41, 5.74) is 6.82. The van der Waals surface area contributed by atoms with Gasteiger partial charge in [0.2, 0.25) is 0 Å². The molecule has 5 heteroatoms. The van der Waals surface area contributed by atoms with Crippen molar-refractivity contribution in [2.24, 2.45) is 5.73 Å². The highest BCUT2D eigenvalue weighted by Gasteiger charge is 2.19. The van der Waals surface area contributed by atoms with Crippen LogP contribution in [0.5, 0.6) is 0 Å². The number of carbonyl (C=O) groups excluding carboxylic acids is 1. The number of nitrogens with two attached hydrogens (primary N) is 1. The van der Waals surface area contributed by atoms with E-state index in [0.717, 1.165) is 5.56 Å². The van der Waals surface area contributed by atoms with E-state index in [0.29, 0.717) is 24.9 Å². The summed E-state index contributed by atoms with van der Waals surface area (Å²) in [6.45, 7) is 2.29. The SMILES string of the molecule is CCCC(NC(=O)c1ccc(CN)cc1)C(=O)O. The molecule has 1 aromatic carbocycles. The third-order valence-electron chi connectivity index (χ3n) is 2.63. The first-order chi connectivity index (χ1) is 8.58. The van der Waals surface area contributed by atoms with Crippen LogP contribution in [-0.4, -0.2) is 23.0 Å². The largest absolute Gasteiger partial charge is 0.480 e. The Bertz CT molecular complexity index is 415. The Morgan fingerprint density at radius 1 is 1.33 bits per heavy atom. The molecule has 1 aromatic rings. The van der Waals surface area contributed by atoms with Crippen molar-refractivity contribution < 1.29 is 14.7 Å². The van der Waals surface area contributed by atoms with Crippen molar-refractivity contribution in [3.63, 3.8) is 0 Å². The lowest BCUT2D eigenvalue weighted by molar-refractivity contribution is -0.139. The monoisotopic (exact) mass is 250 g/mol. The van der Waals surface area contributed by atoms with Crippen LogP contribution in [0, 0.1) is 0 Å². The van der Waals surface area contributed by atoms with Gasteiger partial charge in [-0.2, -0.15) is 0 Å². The zero-order chi connectivity index (χ0) is 13.5. The van der Waals surface area contributed by atoms with Crippen LogP contribution >= 0.6 is 0 Å². The summed E-state index contributed by atoms with van der Waals surface area (Å²) in [6, 6.07) is 5.96. The van der Waals surface area contributed by atoms with Gasteiger partial charge in [0, 0.05) is 12.1 Å². The molecule has 5 nitrogen and oxygen atoms in total. The van der Waals surface area contributed by atoms with Crippen LogP contribution in [0.15, 0.2) is 24.3 Å². The molecule has 1 unspecified atom stereocenters. The van der Waals surface area contributed by atoms with Crippen LogP contribution in [0.25, 0.3) is 0 Å². The standard InChI is InChI=1S/C13H18N2O3/c1-2-3-11(13(17)18)15-12(16)10-6-4-9(8-14)5-7-10/h4-7,11H,2-3,8,14H2,1H3,(H,15,16)(H,17,18). The second-order valence-corrected chi connectivity index (χ2v) is 4.05. The molecule has 0 spiro atoms. The molecule has 0 saturated heterocycles. The smallest absolute Gasteiger partial charge is 0.326 e.